The van der Waals surface area contributed by atoms with Crippen LogP contribution in [0, 0.1) is 11.3 Å². The molecule has 0 amide bonds. The van der Waals surface area contributed by atoms with E-state index in [2.05, 4.69) is 47.8 Å². The highest BCUT2D eigenvalue weighted by Crippen LogP contribution is 2.40. The topological polar surface area (TPSA) is 42.7 Å². The van der Waals surface area contributed by atoms with Crippen molar-refractivity contribution in [1.82, 2.24) is 20.1 Å². The summed E-state index contributed by atoms with van der Waals surface area (Å²) < 4.78 is 2.10. The monoisotopic (exact) mass is 236 g/mol. The molecule has 1 aromatic rings. The van der Waals surface area contributed by atoms with Crippen LogP contribution in [0.1, 0.15) is 46.4 Å². The van der Waals surface area contributed by atoms with Crippen molar-refractivity contribution in [3.8, 4) is 0 Å². The fourth-order valence-electron chi connectivity index (χ4n) is 3.07. The molecule has 0 bridgehead atoms. The Hall–Kier alpha value is -0.900. The molecule has 1 aliphatic rings. The van der Waals surface area contributed by atoms with Crippen LogP contribution >= 0.6 is 0 Å². The van der Waals surface area contributed by atoms with Crippen LogP contribution in [0.2, 0.25) is 0 Å². The van der Waals surface area contributed by atoms with E-state index in [9.17, 15) is 0 Å². The quantitative estimate of drug-likeness (QED) is 0.871. The van der Waals surface area contributed by atoms with Gasteiger partial charge >= 0.3 is 0 Å². The van der Waals surface area contributed by atoms with Gasteiger partial charge in [-0.1, -0.05) is 20.8 Å². The summed E-state index contributed by atoms with van der Waals surface area (Å²) in [6, 6.07) is 0.618. The first-order valence-electron chi connectivity index (χ1n) is 6.62. The Balaban J connectivity index is 1.91. The maximum atomic E-state index is 4.16. The van der Waals surface area contributed by atoms with Crippen LogP contribution in [-0.2, 0) is 13.1 Å². The van der Waals surface area contributed by atoms with Crippen LogP contribution in [0.4, 0.5) is 0 Å². The van der Waals surface area contributed by atoms with Gasteiger partial charge in [0.2, 0.25) is 0 Å². The largest absolute Gasteiger partial charge is 0.317 e. The van der Waals surface area contributed by atoms with Crippen LogP contribution in [0.5, 0.6) is 0 Å². The number of aryl methyl sites for hydroxylation is 1. The van der Waals surface area contributed by atoms with Gasteiger partial charge in [0.25, 0.3) is 0 Å². The Morgan fingerprint density at radius 3 is 2.82 bits per heavy atom. The Labute approximate surface area is 104 Å². The fraction of sp³-hybridized carbons (Fsp3) is 0.846. The minimum absolute atomic E-state index is 0.482. The molecule has 1 saturated carbocycles. The Kier molecular flexibility index (Phi) is 3.52. The van der Waals surface area contributed by atoms with Gasteiger partial charge < -0.3 is 9.88 Å². The first kappa shape index (κ1) is 12.6. The summed E-state index contributed by atoms with van der Waals surface area (Å²) in [5.74, 6) is 1.80. The number of nitrogens with one attached hydrogen (secondary N) is 1. The molecule has 1 fully saturated rings. The Morgan fingerprint density at radius 1 is 1.47 bits per heavy atom. The summed E-state index contributed by atoms with van der Waals surface area (Å²) in [7, 11) is 0. The summed E-state index contributed by atoms with van der Waals surface area (Å²) in [5, 5.41) is 11.8. The van der Waals surface area contributed by atoms with E-state index in [1.807, 2.05) is 0 Å². The highest BCUT2D eigenvalue weighted by molar-refractivity contribution is 4.93. The van der Waals surface area contributed by atoms with Crippen LogP contribution in [0.3, 0.4) is 0 Å². The first-order valence-corrected chi connectivity index (χ1v) is 6.62. The van der Waals surface area contributed by atoms with E-state index in [0.717, 1.165) is 24.8 Å². The summed E-state index contributed by atoms with van der Waals surface area (Å²) >= 11 is 0. The van der Waals surface area contributed by atoms with Gasteiger partial charge in [0.1, 0.15) is 12.2 Å². The zero-order valence-electron chi connectivity index (χ0n) is 11.4. The number of hydrogen-bond donors (Lipinski definition) is 1. The lowest BCUT2D eigenvalue weighted by molar-refractivity contribution is 0.361. The van der Waals surface area contributed by atoms with E-state index in [1.165, 1.54) is 12.8 Å². The molecule has 1 N–H and O–H groups in total. The van der Waals surface area contributed by atoms with Crippen molar-refractivity contribution < 1.29 is 0 Å². The standard InChI is InChI=1S/C13H24N4/c1-5-17-9-15-16-12(17)8-14-11-7-13(3,4)6-10(11)2/h9-11,14H,5-8H2,1-4H3. The second-order valence-corrected chi connectivity index (χ2v) is 6.07. The molecular weight excluding hydrogens is 212 g/mol. The van der Waals surface area contributed by atoms with Crippen LogP contribution in [0.15, 0.2) is 6.33 Å². The minimum Gasteiger partial charge on any atom is -0.317 e. The number of rotatable bonds is 4. The average molecular weight is 236 g/mol. The molecule has 0 spiro atoms. The van der Waals surface area contributed by atoms with Crippen molar-refractivity contribution in [3.63, 3.8) is 0 Å². The van der Waals surface area contributed by atoms with Gasteiger partial charge in [-0.25, -0.2) is 0 Å². The predicted molar refractivity (Wildman–Crippen MR) is 68.5 cm³/mol. The molecule has 4 heteroatoms. The smallest absolute Gasteiger partial charge is 0.146 e. The molecule has 1 aromatic heterocycles. The predicted octanol–water partition coefficient (Wildman–Crippen LogP) is 2.21. The lowest BCUT2D eigenvalue weighted by atomic mass is 9.91. The van der Waals surface area contributed by atoms with E-state index in [-0.39, 0.29) is 0 Å². The molecule has 2 atom stereocenters. The van der Waals surface area contributed by atoms with Crippen LogP contribution < -0.4 is 5.32 Å². The zero-order chi connectivity index (χ0) is 12.5. The Morgan fingerprint density at radius 2 is 2.24 bits per heavy atom. The highest BCUT2D eigenvalue weighted by atomic mass is 15.3. The minimum atomic E-state index is 0.482. The van der Waals surface area contributed by atoms with Gasteiger partial charge in [0, 0.05) is 12.6 Å². The molecule has 0 aliphatic heterocycles. The van der Waals surface area contributed by atoms with Gasteiger partial charge in [-0.05, 0) is 31.1 Å². The molecule has 4 nitrogen and oxygen atoms in total. The van der Waals surface area contributed by atoms with E-state index in [1.54, 1.807) is 6.33 Å². The molecule has 2 rings (SSSR count). The van der Waals surface area contributed by atoms with Crippen LogP contribution in [-0.4, -0.2) is 20.8 Å². The first-order chi connectivity index (χ1) is 8.02. The van der Waals surface area contributed by atoms with E-state index >= 15 is 0 Å². The molecule has 17 heavy (non-hydrogen) atoms. The van der Waals surface area contributed by atoms with Gasteiger partial charge in [0.05, 0.1) is 6.54 Å². The molecule has 0 radical (unpaired) electrons. The van der Waals surface area contributed by atoms with Gasteiger partial charge in [-0.3, -0.25) is 0 Å². The third-order valence-electron chi connectivity index (χ3n) is 3.89. The van der Waals surface area contributed by atoms with Crippen molar-refractivity contribution in [3.05, 3.63) is 12.2 Å². The van der Waals surface area contributed by atoms with Crippen molar-refractivity contribution >= 4 is 0 Å². The number of hydrogen-bond acceptors (Lipinski definition) is 3. The summed E-state index contributed by atoms with van der Waals surface area (Å²) in [4.78, 5) is 0. The van der Waals surface area contributed by atoms with Crippen molar-refractivity contribution in [2.24, 2.45) is 11.3 Å². The van der Waals surface area contributed by atoms with Crippen molar-refractivity contribution in [1.29, 1.82) is 0 Å². The fourth-order valence-corrected chi connectivity index (χ4v) is 3.07. The van der Waals surface area contributed by atoms with Gasteiger partial charge in [0.15, 0.2) is 0 Å². The van der Waals surface area contributed by atoms with Gasteiger partial charge in [-0.2, -0.15) is 0 Å². The van der Waals surface area contributed by atoms with Gasteiger partial charge in [-0.15, -0.1) is 10.2 Å². The molecule has 1 heterocycles. The second-order valence-electron chi connectivity index (χ2n) is 6.07. The van der Waals surface area contributed by atoms with Crippen molar-refractivity contribution in [2.75, 3.05) is 0 Å². The molecule has 2 unspecified atom stereocenters. The molecule has 1 aliphatic carbocycles. The third-order valence-corrected chi connectivity index (χ3v) is 3.89. The highest BCUT2D eigenvalue weighted by Gasteiger charge is 2.36. The molecule has 96 valence electrons. The molecule has 0 saturated heterocycles. The zero-order valence-corrected chi connectivity index (χ0v) is 11.4. The lowest BCUT2D eigenvalue weighted by Crippen LogP contribution is -2.32. The van der Waals surface area contributed by atoms with E-state index in [4.69, 9.17) is 0 Å². The van der Waals surface area contributed by atoms with E-state index in [0.29, 0.717) is 11.5 Å². The van der Waals surface area contributed by atoms with E-state index < -0.39 is 0 Å². The molecular formula is C13H24N4. The molecule has 0 aromatic carbocycles. The SMILES string of the molecule is CCn1cnnc1CNC1CC(C)(C)CC1C. The Bertz CT molecular complexity index is 369. The summed E-state index contributed by atoms with van der Waals surface area (Å²) in [5.41, 5.74) is 0.482. The number of nitrogens with zero attached hydrogens (tertiary/aromatic N) is 3. The average Bonchev–Trinajstić information content (AvgIpc) is 2.79. The second kappa shape index (κ2) is 4.77. The maximum absolute atomic E-state index is 4.16. The third kappa shape index (κ3) is 2.86. The number of aromatic nitrogens is 3. The summed E-state index contributed by atoms with van der Waals surface area (Å²) in [6.07, 6.45) is 4.37. The summed E-state index contributed by atoms with van der Waals surface area (Å²) in [6.45, 7) is 11.0. The normalized spacial score (nSPS) is 27.5. The lowest BCUT2D eigenvalue weighted by Gasteiger charge is -2.18. The maximum Gasteiger partial charge on any atom is 0.146 e. The van der Waals surface area contributed by atoms with Crippen LogP contribution in [0.25, 0.3) is 0 Å². The van der Waals surface area contributed by atoms with Crippen molar-refractivity contribution in [2.45, 2.75) is 59.7 Å².